The average molecular weight is 399 g/mol. The van der Waals surface area contributed by atoms with Gasteiger partial charge in [0.15, 0.2) is 25.0 Å². The monoisotopic (exact) mass is 398 g/mol. The van der Waals surface area contributed by atoms with Crippen molar-refractivity contribution < 1.29 is 23.4 Å². The molecule has 9 heteroatoms. The minimum Gasteiger partial charge on any atom is -0.417 e. The molecule has 0 heterocycles. The maximum absolute atomic E-state index is 6.66. The predicted octanol–water partition coefficient (Wildman–Crippen LogP) is 1.68. The van der Waals surface area contributed by atoms with Crippen molar-refractivity contribution in [2.45, 2.75) is 71.4 Å². The fourth-order valence-corrected chi connectivity index (χ4v) is 17.0. The van der Waals surface area contributed by atoms with Gasteiger partial charge in [-0.1, -0.05) is 0 Å². The quantitative estimate of drug-likeness (QED) is 0.388. The van der Waals surface area contributed by atoms with Crippen LogP contribution in [0.2, 0.25) is 65.0 Å². The third-order valence-electron chi connectivity index (χ3n) is 2.68. The Kier molecular flexibility index (Phi) is 9.66. The zero-order valence-corrected chi connectivity index (χ0v) is 21.0. The predicted molar refractivity (Wildman–Crippen MR) is 108 cm³/mol. The van der Waals surface area contributed by atoms with Crippen LogP contribution in [0.25, 0.3) is 0 Å². The molecule has 0 aromatic rings. The van der Waals surface area contributed by atoms with Crippen LogP contribution in [0.3, 0.4) is 0 Å². The van der Waals surface area contributed by atoms with E-state index in [1.54, 1.807) is 0 Å². The van der Waals surface area contributed by atoms with Gasteiger partial charge in [-0.25, -0.2) is 0 Å². The molecule has 0 aliphatic carbocycles. The number of rotatable bonds is 12. The van der Waals surface area contributed by atoms with Crippen LogP contribution >= 0.6 is 0 Å². The lowest BCUT2D eigenvalue weighted by molar-refractivity contribution is -0.669. The summed E-state index contributed by atoms with van der Waals surface area (Å²) in [4.78, 5) is 0. The highest BCUT2D eigenvalue weighted by atomic mass is 28.5. The zero-order chi connectivity index (χ0) is 18.4. The summed E-state index contributed by atoms with van der Waals surface area (Å²) in [6.07, 6.45) is 1.09. The van der Waals surface area contributed by atoms with Crippen LogP contribution in [0.4, 0.5) is 0 Å². The van der Waals surface area contributed by atoms with E-state index < -0.39 is 33.8 Å². The average Bonchev–Trinajstić information content (AvgIpc) is 2.20. The molecule has 0 saturated carbocycles. The molecule has 0 rings (SSSR count). The highest BCUT2D eigenvalue weighted by molar-refractivity contribution is 6.90. The van der Waals surface area contributed by atoms with Gasteiger partial charge in [-0.2, -0.15) is 0 Å². The lowest BCUT2D eigenvalue weighted by Crippen LogP contribution is -2.88. The molecule has 0 fully saturated rings. The first-order valence-corrected chi connectivity index (χ1v) is 21.1. The standard InChI is InChI=1S/C14H40N2O3Si4/c1-20(2,3)17-23(18-21(4,5)6,19-22(7,8)9)14-10-12-16-13-11-15/h16H,10-15H2,1-9H3/p+2. The first-order chi connectivity index (χ1) is 10.2. The van der Waals surface area contributed by atoms with Gasteiger partial charge in [0.25, 0.3) is 0 Å². The Bertz CT molecular complexity index is 298. The molecule has 140 valence electrons. The van der Waals surface area contributed by atoms with Crippen molar-refractivity contribution in [3.63, 3.8) is 0 Å². The Hall–Kier alpha value is 0.668. The summed E-state index contributed by atoms with van der Waals surface area (Å²) in [6.45, 7) is 23.3. The van der Waals surface area contributed by atoms with E-state index in [9.17, 15) is 0 Å². The molecule has 0 radical (unpaired) electrons. The van der Waals surface area contributed by atoms with Crippen molar-refractivity contribution in [2.24, 2.45) is 0 Å². The van der Waals surface area contributed by atoms with Gasteiger partial charge in [-0.15, -0.1) is 0 Å². The summed E-state index contributed by atoms with van der Waals surface area (Å²) in [5.74, 6) is 0. The van der Waals surface area contributed by atoms with Crippen LogP contribution < -0.4 is 11.1 Å². The molecule has 23 heavy (non-hydrogen) atoms. The smallest absolute Gasteiger partial charge is 0.417 e. The third-order valence-corrected chi connectivity index (χ3v) is 14.7. The normalized spacial score (nSPS) is 14.3. The van der Waals surface area contributed by atoms with Gasteiger partial charge >= 0.3 is 8.80 Å². The van der Waals surface area contributed by atoms with Gasteiger partial charge in [-0.3, -0.25) is 0 Å². The van der Waals surface area contributed by atoms with E-state index in [1.807, 2.05) is 0 Å². The molecule has 0 spiro atoms. The molecule has 5 nitrogen and oxygen atoms in total. The highest BCUT2D eigenvalue weighted by Crippen LogP contribution is 2.29. The molecule has 0 amide bonds. The summed E-state index contributed by atoms with van der Waals surface area (Å²) < 4.78 is 20.0. The van der Waals surface area contributed by atoms with E-state index in [1.165, 1.54) is 0 Å². The van der Waals surface area contributed by atoms with Crippen molar-refractivity contribution in [3.8, 4) is 0 Å². The molecule has 0 atom stereocenters. The maximum atomic E-state index is 6.66. The van der Waals surface area contributed by atoms with E-state index in [4.69, 9.17) is 12.3 Å². The number of hydrogen-bond acceptors (Lipinski definition) is 3. The largest absolute Gasteiger partial charge is 0.469 e. The number of hydrogen-bond donors (Lipinski definition) is 2. The minimum atomic E-state index is -2.61. The summed E-state index contributed by atoms with van der Waals surface area (Å²) in [6, 6.07) is 0.944. The number of nitrogens with two attached hydrogens (primary N) is 1. The van der Waals surface area contributed by atoms with E-state index in [-0.39, 0.29) is 0 Å². The van der Waals surface area contributed by atoms with Gasteiger partial charge in [0.1, 0.15) is 13.1 Å². The third kappa shape index (κ3) is 13.6. The minimum absolute atomic E-state index is 0.944. The fraction of sp³-hybridized carbons (Fsp3) is 1.00. The Morgan fingerprint density at radius 3 is 1.39 bits per heavy atom. The zero-order valence-electron chi connectivity index (χ0n) is 17.0. The summed E-state index contributed by atoms with van der Waals surface area (Å²) in [5.41, 5.74) is 3.90. The van der Waals surface area contributed by atoms with Crippen LogP contribution in [0, 0.1) is 0 Å². The van der Waals surface area contributed by atoms with E-state index in [2.05, 4.69) is 70.0 Å². The molecule has 0 aromatic heterocycles. The molecular formula is C14H42N2O3Si4+2. The van der Waals surface area contributed by atoms with Crippen molar-refractivity contribution in [2.75, 3.05) is 19.6 Å². The SMILES string of the molecule is C[Si](C)(C)O[Si](CCC[NH2+]CC[NH3+])(O[Si](C)(C)C)O[Si](C)(C)C. The van der Waals surface area contributed by atoms with Gasteiger partial charge in [0, 0.05) is 12.5 Å². The summed E-state index contributed by atoms with van der Waals surface area (Å²) in [5, 5.41) is 2.34. The van der Waals surface area contributed by atoms with E-state index in [0.717, 1.165) is 32.1 Å². The lowest BCUT2D eigenvalue weighted by atomic mass is 10.5. The molecular weight excluding hydrogens is 357 g/mol. The first-order valence-electron chi connectivity index (χ1n) is 8.89. The molecule has 0 aliphatic heterocycles. The molecule has 0 aromatic carbocycles. The van der Waals surface area contributed by atoms with E-state index in [0.29, 0.717) is 0 Å². The summed E-state index contributed by atoms with van der Waals surface area (Å²) in [7, 11) is -7.81. The topological polar surface area (TPSA) is 71.9 Å². The molecule has 0 unspecified atom stereocenters. The van der Waals surface area contributed by atoms with Crippen molar-refractivity contribution >= 4 is 33.8 Å². The van der Waals surface area contributed by atoms with Gasteiger partial charge in [-0.05, 0) is 58.9 Å². The van der Waals surface area contributed by atoms with Crippen molar-refractivity contribution in [3.05, 3.63) is 0 Å². The van der Waals surface area contributed by atoms with Gasteiger partial charge in [0.2, 0.25) is 0 Å². The van der Waals surface area contributed by atoms with Crippen LogP contribution in [0.1, 0.15) is 6.42 Å². The molecule has 0 bridgehead atoms. The Morgan fingerprint density at radius 2 is 1.09 bits per heavy atom. The highest BCUT2D eigenvalue weighted by Gasteiger charge is 2.49. The summed E-state index contributed by atoms with van der Waals surface area (Å²) >= 11 is 0. The lowest BCUT2D eigenvalue weighted by Gasteiger charge is -2.42. The van der Waals surface area contributed by atoms with Gasteiger partial charge < -0.3 is 23.4 Å². The second-order valence-electron chi connectivity index (χ2n) is 9.15. The van der Waals surface area contributed by atoms with Crippen LogP contribution in [0.5, 0.6) is 0 Å². The Morgan fingerprint density at radius 1 is 0.696 bits per heavy atom. The maximum Gasteiger partial charge on any atom is 0.469 e. The molecule has 0 aliphatic rings. The fourth-order valence-electron chi connectivity index (χ4n) is 2.37. The van der Waals surface area contributed by atoms with E-state index >= 15 is 0 Å². The van der Waals surface area contributed by atoms with Gasteiger partial charge in [0.05, 0.1) is 6.54 Å². The Labute approximate surface area is 148 Å². The number of quaternary nitrogens is 2. The van der Waals surface area contributed by atoms with Crippen LogP contribution in [-0.2, 0) is 12.3 Å². The Balaban J connectivity index is 5.21. The van der Waals surface area contributed by atoms with Crippen LogP contribution in [0.15, 0.2) is 0 Å². The molecule has 5 N–H and O–H groups in total. The molecule has 0 saturated heterocycles. The van der Waals surface area contributed by atoms with Crippen molar-refractivity contribution in [1.82, 2.24) is 0 Å². The second kappa shape index (κ2) is 9.39. The second-order valence-corrected chi connectivity index (χ2v) is 26.1. The first kappa shape index (κ1) is 23.7. The van der Waals surface area contributed by atoms with Crippen molar-refractivity contribution in [1.29, 1.82) is 0 Å². The van der Waals surface area contributed by atoms with Crippen LogP contribution in [-0.4, -0.2) is 53.4 Å².